The van der Waals surface area contributed by atoms with Gasteiger partial charge < -0.3 is 25.1 Å². The molecule has 0 aliphatic carbocycles. The van der Waals surface area contributed by atoms with E-state index in [1.807, 2.05) is 78.5 Å². The molecule has 12 nitrogen and oxygen atoms in total. The molecule has 14 heteroatoms. The van der Waals surface area contributed by atoms with Gasteiger partial charge in [-0.05, 0) is 73.2 Å². The number of nitrogens with zero attached hydrogens (tertiary/aromatic N) is 5. The number of carbonyl (C=O) groups excluding carboxylic acids is 1. The molecule has 3 N–H and O–H groups in total. The number of hydrogen-bond donors (Lipinski definition) is 2. The fourth-order valence-electron chi connectivity index (χ4n) is 6.07. The van der Waals surface area contributed by atoms with Crippen LogP contribution in [0.25, 0.3) is 39.3 Å². The van der Waals surface area contributed by atoms with Crippen LogP contribution in [0.3, 0.4) is 0 Å². The van der Waals surface area contributed by atoms with Crippen molar-refractivity contribution in [1.82, 2.24) is 30.2 Å². The van der Waals surface area contributed by atoms with Crippen LogP contribution in [0.4, 0.5) is 16.1 Å². The summed E-state index contributed by atoms with van der Waals surface area (Å²) in [5.41, 5.74) is 12.7. The first-order chi connectivity index (χ1) is 27.4. The number of piperidine rings is 1. The molecule has 2 aromatic heterocycles. The van der Waals surface area contributed by atoms with Crippen LogP contribution < -0.4 is 5.32 Å². The SMILES string of the molecule is CC.CC.CC.CC.CNc1nnc(-c2ccc(C3CCN(C(=O)CN4CC[C@H](OC)C4)CC3)cc2)o1.[NH-]c1ccc2[nH]nc(-c3ccc(F)cc3)c2c1.[O]=[V]. The van der Waals surface area contributed by atoms with Crippen molar-refractivity contribution in [3.05, 3.63) is 83.8 Å². The molecule has 0 unspecified atom stereocenters. The van der Waals surface area contributed by atoms with Gasteiger partial charge in [0.1, 0.15) is 5.82 Å². The van der Waals surface area contributed by atoms with E-state index in [1.54, 1.807) is 38.4 Å². The second-order valence-electron chi connectivity index (χ2n) is 11.7. The molecular weight excluding hydrogens is 750 g/mol. The van der Waals surface area contributed by atoms with Gasteiger partial charge in [0.05, 0.1) is 23.9 Å². The second-order valence-corrected chi connectivity index (χ2v) is 11.7. The number of fused-ring (bicyclic) bond motifs is 1. The van der Waals surface area contributed by atoms with Gasteiger partial charge in [0.2, 0.25) is 11.8 Å². The number of likely N-dealkylation sites (tertiary alicyclic amines) is 2. The van der Waals surface area contributed by atoms with Crippen LogP contribution in [-0.2, 0) is 30.6 Å². The summed E-state index contributed by atoms with van der Waals surface area (Å²) in [6.07, 6.45) is 3.28. The molecule has 5 aromatic rings. The average Bonchev–Trinajstić information content (AvgIpc) is 4.06. The van der Waals surface area contributed by atoms with E-state index in [4.69, 9.17) is 18.6 Å². The Bertz CT molecular complexity index is 1780. The van der Waals surface area contributed by atoms with Crippen molar-refractivity contribution >= 4 is 28.5 Å². The number of ether oxygens (including phenoxy) is 1. The number of benzene rings is 3. The van der Waals surface area contributed by atoms with Crippen molar-refractivity contribution in [3.8, 4) is 22.7 Å². The zero-order valence-electron chi connectivity index (χ0n) is 34.9. The van der Waals surface area contributed by atoms with Crippen LogP contribution in [-0.4, -0.2) is 89.1 Å². The van der Waals surface area contributed by atoms with E-state index in [-0.39, 0.29) is 17.8 Å². The number of nitrogens with one attached hydrogen (secondary N) is 3. The molecule has 307 valence electrons. The third-order valence-electron chi connectivity index (χ3n) is 8.72. The molecule has 56 heavy (non-hydrogen) atoms. The quantitative estimate of drug-likeness (QED) is 0.163. The van der Waals surface area contributed by atoms with Gasteiger partial charge in [-0.25, -0.2) is 4.39 Å². The first-order valence-corrected chi connectivity index (χ1v) is 20.3. The molecule has 1 atom stereocenters. The second kappa shape index (κ2) is 28.0. The molecule has 2 saturated heterocycles. The van der Waals surface area contributed by atoms with Crippen molar-refractivity contribution in [2.24, 2.45) is 0 Å². The van der Waals surface area contributed by atoms with Crippen LogP contribution in [0.15, 0.2) is 71.1 Å². The number of methoxy groups -OCH3 is 1. The molecule has 4 heterocycles. The fourth-order valence-corrected chi connectivity index (χ4v) is 6.07. The van der Waals surface area contributed by atoms with E-state index >= 15 is 0 Å². The van der Waals surface area contributed by atoms with Gasteiger partial charge in [0, 0.05) is 56.8 Å². The molecule has 0 saturated carbocycles. The van der Waals surface area contributed by atoms with Crippen molar-refractivity contribution < 1.29 is 39.4 Å². The van der Waals surface area contributed by atoms with E-state index in [0.717, 1.165) is 90.5 Å². The molecule has 1 amide bonds. The maximum atomic E-state index is 12.8. The summed E-state index contributed by atoms with van der Waals surface area (Å²) in [5, 5.41) is 18.8. The third kappa shape index (κ3) is 14.6. The number of hydrogen-bond acceptors (Lipinski definition) is 9. The van der Waals surface area contributed by atoms with Crippen LogP contribution in [0.5, 0.6) is 0 Å². The van der Waals surface area contributed by atoms with Crippen LogP contribution in [0.1, 0.15) is 86.1 Å². The van der Waals surface area contributed by atoms with Crippen LogP contribution in [0, 0.1) is 5.82 Å². The van der Waals surface area contributed by atoms with Gasteiger partial charge in [-0.15, -0.1) is 10.8 Å². The van der Waals surface area contributed by atoms with E-state index in [1.165, 1.54) is 17.7 Å². The Kier molecular flexibility index (Phi) is 24.8. The molecule has 0 bridgehead atoms. The zero-order valence-corrected chi connectivity index (χ0v) is 36.3. The van der Waals surface area contributed by atoms with Gasteiger partial charge in [0.15, 0.2) is 0 Å². The number of carbonyl (C=O) groups is 1. The zero-order chi connectivity index (χ0) is 42.0. The average molecular weight is 813 g/mol. The van der Waals surface area contributed by atoms with Crippen LogP contribution >= 0.6 is 0 Å². The topological polar surface area (TPSA) is 153 Å². The normalized spacial score (nSPS) is 14.6. The van der Waals surface area contributed by atoms with Crippen molar-refractivity contribution in [2.45, 2.75) is 86.7 Å². The molecule has 0 radical (unpaired) electrons. The van der Waals surface area contributed by atoms with Gasteiger partial charge in [-0.1, -0.05) is 84.8 Å². The summed E-state index contributed by atoms with van der Waals surface area (Å²) < 4.78 is 32.0. The number of H-pyrrole nitrogens is 1. The summed E-state index contributed by atoms with van der Waals surface area (Å²) in [5.74, 6) is 0.967. The molecular formula is C42H62FN8O4V-. The Morgan fingerprint density at radius 3 is 2.05 bits per heavy atom. The third-order valence-corrected chi connectivity index (χ3v) is 8.72. The van der Waals surface area contributed by atoms with Crippen LogP contribution in [0.2, 0.25) is 0 Å². The monoisotopic (exact) mass is 812 g/mol. The standard InChI is InChI=1S/C21H29N5O3.C13H9FN3.4C2H6.O.V/c1-22-21-24-23-20(29-21)17-5-3-15(4-6-17)16-7-11-26(12-8-16)19(27)14-25-10-9-18(13-25)28-2;14-9-3-1-8(2-4-9)13-11-7-10(15)5-6-12(11)16-17-13;4*1-2;;/h3-6,16,18H,7-14H2,1-2H3,(H,22,24);1-7,15H,(H,16,17);4*1-2H3;;/q;-1;;;;;;/t18-;;;;;;;/m0......./s1. The van der Waals surface area contributed by atoms with Gasteiger partial charge in [0.25, 0.3) is 0 Å². The summed E-state index contributed by atoms with van der Waals surface area (Å²) in [6, 6.07) is 20.2. The molecule has 7 rings (SSSR count). The predicted octanol–water partition coefficient (Wildman–Crippen LogP) is 10.2. The molecule has 0 spiro atoms. The number of aromatic nitrogens is 4. The number of aromatic amines is 1. The van der Waals surface area contributed by atoms with Crippen molar-refractivity contribution in [1.29, 1.82) is 0 Å². The Labute approximate surface area is 342 Å². The van der Waals surface area contributed by atoms with Crippen molar-refractivity contribution in [2.75, 3.05) is 52.2 Å². The number of anilines is 1. The molecule has 3 aromatic carbocycles. The predicted molar refractivity (Wildman–Crippen MR) is 221 cm³/mol. The Hall–Kier alpha value is -4.43. The van der Waals surface area contributed by atoms with E-state index < -0.39 is 0 Å². The van der Waals surface area contributed by atoms with Gasteiger partial charge >= 0.3 is 27.1 Å². The van der Waals surface area contributed by atoms with E-state index in [2.05, 4.69) is 42.7 Å². The van der Waals surface area contributed by atoms with Crippen molar-refractivity contribution in [3.63, 3.8) is 0 Å². The molecule has 2 aliphatic rings. The summed E-state index contributed by atoms with van der Waals surface area (Å²) in [7, 11) is 3.49. The maximum absolute atomic E-state index is 12.8. The minimum absolute atomic E-state index is 0.243. The number of amides is 1. The van der Waals surface area contributed by atoms with E-state index in [9.17, 15) is 9.18 Å². The number of rotatable bonds is 7. The Morgan fingerprint density at radius 1 is 0.893 bits per heavy atom. The fraction of sp³-hybridized carbons (Fsp3) is 0.476. The first kappa shape index (κ1) is 49.6. The first-order valence-electron chi connectivity index (χ1n) is 19.7. The molecule has 2 fully saturated rings. The van der Waals surface area contributed by atoms with E-state index in [0.29, 0.717) is 30.1 Å². The molecule has 2 aliphatic heterocycles. The van der Waals surface area contributed by atoms with Gasteiger partial charge in [-0.3, -0.25) is 14.8 Å². The summed E-state index contributed by atoms with van der Waals surface area (Å²) in [6.45, 7) is 20.0. The summed E-state index contributed by atoms with van der Waals surface area (Å²) in [4.78, 5) is 16.9. The van der Waals surface area contributed by atoms with Gasteiger partial charge in [-0.2, -0.15) is 5.10 Å². The Morgan fingerprint density at radius 2 is 1.50 bits per heavy atom. The number of halogens is 1. The Balaban J connectivity index is 0.000000494. The summed E-state index contributed by atoms with van der Waals surface area (Å²) >= 11 is 1.06. The minimum atomic E-state index is -0.269.